The van der Waals surface area contributed by atoms with Crippen molar-refractivity contribution in [3.63, 3.8) is 0 Å². The van der Waals surface area contributed by atoms with Gasteiger partial charge in [0.2, 0.25) is 5.91 Å². The van der Waals surface area contributed by atoms with Crippen LogP contribution in [0.2, 0.25) is 0 Å². The van der Waals surface area contributed by atoms with Gasteiger partial charge in [-0.15, -0.1) is 0 Å². The minimum absolute atomic E-state index is 0.0244. The third-order valence-corrected chi connectivity index (χ3v) is 3.91. The number of hydrogen-bond donors (Lipinski definition) is 2. The summed E-state index contributed by atoms with van der Waals surface area (Å²) < 4.78 is 5.55. The standard InChI is InChI=1S/C14H19N3O2S/c1-4-14(2,3)17-12(18)8-20-13-16-10-7-9(15)5-6-11(10)19-13/h5-7H,4,8,15H2,1-3H3,(H,17,18). The van der Waals surface area contributed by atoms with Crippen molar-refractivity contribution in [1.29, 1.82) is 0 Å². The number of amides is 1. The van der Waals surface area contributed by atoms with Crippen LogP contribution < -0.4 is 11.1 Å². The van der Waals surface area contributed by atoms with Crippen LogP contribution in [0.4, 0.5) is 5.69 Å². The molecule has 1 aromatic carbocycles. The second-order valence-electron chi connectivity index (χ2n) is 5.28. The third kappa shape index (κ3) is 3.66. The minimum Gasteiger partial charge on any atom is -0.431 e. The second-order valence-corrected chi connectivity index (χ2v) is 6.21. The van der Waals surface area contributed by atoms with E-state index in [-0.39, 0.29) is 17.2 Å². The number of thioether (sulfide) groups is 1. The zero-order valence-corrected chi connectivity index (χ0v) is 12.7. The van der Waals surface area contributed by atoms with Crippen molar-refractivity contribution in [3.05, 3.63) is 18.2 Å². The summed E-state index contributed by atoms with van der Waals surface area (Å²) >= 11 is 1.28. The number of oxazole rings is 1. The molecule has 1 heterocycles. The van der Waals surface area contributed by atoms with E-state index >= 15 is 0 Å². The average Bonchev–Trinajstić information content (AvgIpc) is 2.78. The molecule has 0 bridgehead atoms. The van der Waals surface area contributed by atoms with Gasteiger partial charge in [-0.3, -0.25) is 4.79 Å². The van der Waals surface area contributed by atoms with E-state index in [2.05, 4.69) is 10.3 Å². The average molecular weight is 293 g/mol. The van der Waals surface area contributed by atoms with Gasteiger partial charge in [-0.25, -0.2) is 4.98 Å². The quantitative estimate of drug-likeness (QED) is 0.654. The van der Waals surface area contributed by atoms with E-state index in [4.69, 9.17) is 10.2 Å². The van der Waals surface area contributed by atoms with Crippen LogP contribution in [0.3, 0.4) is 0 Å². The van der Waals surface area contributed by atoms with Crippen molar-refractivity contribution in [3.8, 4) is 0 Å². The first-order valence-electron chi connectivity index (χ1n) is 6.49. The molecule has 0 fully saturated rings. The highest BCUT2D eigenvalue weighted by molar-refractivity contribution is 7.99. The van der Waals surface area contributed by atoms with Gasteiger partial charge in [0.05, 0.1) is 5.75 Å². The molecule has 0 aliphatic heterocycles. The van der Waals surface area contributed by atoms with E-state index in [1.807, 2.05) is 20.8 Å². The highest BCUT2D eigenvalue weighted by atomic mass is 32.2. The molecule has 0 aliphatic carbocycles. The zero-order chi connectivity index (χ0) is 14.8. The van der Waals surface area contributed by atoms with Gasteiger partial charge in [-0.1, -0.05) is 18.7 Å². The zero-order valence-electron chi connectivity index (χ0n) is 11.9. The Balaban J connectivity index is 1.97. The number of fused-ring (bicyclic) bond motifs is 1. The van der Waals surface area contributed by atoms with Gasteiger partial charge in [0.1, 0.15) is 5.52 Å². The van der Waals surface area contributed by atoms with Crippen LogP contribution in [-0.4, -0.2) is 22.2 Å². The molecule has 0 atom stereocenters. The lowest BCUT2D eigenvalue weighted by molar-refractivity contribution is -0.120. The Labute approximate surface area is 122 Å². The van der Waals surface area contributed by atoms with Gasteiger partial charge in [0.15, 0.2) is 5.58 Å². The highest BCUT2D eigenvalue weighted by Crippen LogP contribution is 2.24. The Morgan fingerprint density at radius 3 is 2.95 bits per heavy atom. The lowest BCUT2D eigenvalue weighted by Crippen LogP contribution is -2.43. The topological polar surface area (TPSA) is 81.2 Å². The summed E-state index contributed by atoms with van der Waals surface area (Å²) in [7, 11) is 0. The summed E-state index contributed by atoms with van der Waals surface area (Å²) in [6, 6.07) is 5.30. The number of benzene rings is 1. The fourth-order valence-electron chi connectivity index (χ4n) is 1.61. The molecule has 3 N–H and O–H groups in total. The Bertz CT molecular complexity index is 622. The SMILES string of the molecule is CCC(C)(C)NC(=O)CSc1nc2cc(N)ccc2o1. The lowest BCUT2D eigenvalue weighted by Gasteiger charge is -2.24. The summed E-state index contributed by atoms with van der Waals surface area (Å²) in [5, 5.41) is 3.45. The predicted molar refractivity (Wildman–Crippen MR) is 81.7 cm³/mol. The molecule has 2 rings (SSSR count). The van der Waals surface area contributed by atoms with Gasteiger partial charge < -0.3 is 15.5 Å². The molecule has 0 saturated heterocycles. The molecule has 0 unspecified atom stereocenters. The first-order valence-corrected chi connectivity index (χ1v) is 7.48. The van der Waals surface area contributed by atoms with Crippen LogP contribution in [0.15, 0.2) is 27.8 Å². The van der Waals surface area contributed by atoms with E-state index in [9.17, 15) is 4.79 Å². The largest absolute Gasteiger partial charge is 0.431 e. The lowest BCUT2D eigenvalue weighted by atomic mass is 10.0. The molecule has 0 spiro atoms. The molecule has 20 heavy (non-hydrogen) atoms. The molecular formula is C14H19N3O2S. The molecule has 108 valence electrons. The van der Waals surface area contributed by atoms with Crippen LogP contribution in [0.5, 0.6) is 0 Å². The van der Waals surface area contributed by atoms with Gasteiger partial charge >= 0.3 is 0 Å². The van der Waals surface area contributed by atoms with E-state index in [1.165, 1.54) is 11.8 Å². The summed E-state index contributed by atoms with van der Waals surface area (Å²) in [6.45, 7) is 6.04. The van der Waals surface area contributed by atoms with E-state index in [0.29, 0.717) is 22.0 Å². The maximum Gasteiger partial charge on any atom is 0.257 e. The normalized spacial score (nSPS) is 11.8. The summed E-state index contributed by atoms with van der Waals surface area (Å²) in [5.41, 5.74) is 7.53. The third-order valence-electron chi connectivity index (χ3n) is 3.08. The van der Waals surface area contributed by atoms with Gasteiger partial charge in [-0.05, 0) is 38.5 Å². The molecule has 0 aliphatic rings. The van der Waals surface area contributed by atoms with E-state index in [0.717, 1.165) is 6.42 Å². The maximum atomic E-state index is 11.8. The van der Waals surface area contributed by atoms with Crippen LogP contribution >= 0.6 is 11.8 Å². The van der Waals surface area contributed by atoms with Crippen molar-refractivity contribution < 1.29 is 9.21 Å². The van der Waals surface area contributed by atoms with E-state index in [1.54, 1.807) is 18.2 Å². The van der Waals surface area contributed by atoms with Gasteiger partial charge in [0.25, 0.3) is 5.22 Å². The summed E-state index contributed by atoms with van der Waals surface area (Å²) in [6.07, 6.45) is 0.881. The van der Waals surface area contributed by atoms with E-state index < -0.39 is 0 Å². The number of nitrogens with one attached hydrogen (secondary N) is 1. The molecule has 1 aromatic heterocycles. The fraction of sp³-hybridized carbons (Fsp3) is 0.429. The Morgan fingerprint density at radius 2 is 2.25 bits per heavy atom. The molecular weight excluding hydrogens is 274 g/mol. The van der Waals surface area contributed by atoms with Crippen molar-refractivity contribution >= 4 is 34.5 Å². The predicted octanol–water partition coefficient (Wildman–Crippen LogP) is 2.81. The van der Waals surface area contributed by atoms with Gasteiger partial charge in [0, 0.05) is 11.2 Å². The molecule has 1 amide bonds. The van der Waals surface area contributed by atoms with Crippen LogP contribution in [0.1, 0.15) is 27.2 Å². The number of anilines is 1. The monoisotopic (exact) mass is 293 g/mol. The Hall–Kier alpha value is -1.69. The minimum atomic E-state index is -0.187. The molecule has 0 saturated carbocycles. The molecule has 2 aromatic rings. The number of nitrogen functional groups attached to an aromatic ring is 1. The highest BCUT2D eigenvalue weighted by Gasteiger charge is 2.18. The number of nitrogens with zero attached hydrogens (tertiary/aromatic N) is 1. The van der Waals surface area contributed by atoms with Crippen molar-refractivity contribution in [2.75, 3.05) is 11.5 Å². The van der Waals surface area contributed by atoms with Crippen molar-refractivity contribution in [2.24, 2.45) is 0 Å². The Kier molecular flexibility index (Phi) is 4.23. The number of carbonyl (C=O) groups is 1. The molecule has 0 radical (unpaired) electrons. The smallest absolute Gasteiger partial charge is 0.257 e. The van der Waals surface area contributed by atoms with Crippen LogP contribution in [0.25, 0.3) is 11.1 Å². The maximum absolute atomic E-state index is 11.8. The molecule has 5 nitrogen and oxygen atoms in total. The summed E-state index contributed by atoms with van der Waals surface area (Å²) in [4.78, 5) is 16.1. The van der Waals surface area contributed by atoms with Crippen molar-refractivity contribution in [2.45, 2.75) is 38.0 Å². The number of rotatable bonds is 5. The second kappa shape index (κ2) is 5.75. The number of aromatic nitrogens is 1. The van der Waals surface area contributed by atoms with Gasteiger partial charge in [-0.2, -0.15) is 0 Å². The first kappa shape index (κ1) is 14.7. The van der Waals surface area contributed by atoms with Crippen LogP contribution in [0, 0.1) is 0 Å². The molecule has 6 heteroatoms. The van der Waals surface area contributed by atoms with Crippen LogP contribution in [-0.2, 0) is 4.79 Å². The summed E-state index contributed by atoms with van der Waals surface area (Å²) in [5.74, 6) is 0.259. The first-order chi connectivity index (χ1) is 9.39. The van der Waals surface area contributed by atoms with Crippen molar-refractivity contribution in [1.82, 2.24) is 10.3 Å². The number of carbonyl (C=O) groups excluding carboxylic acids is 1. The fourth-order valence-corrected chi connectivity index (χ4v) is 2.25. The number of hydrogen-bond acceptors (Lipinski definition) is 5. The Morgan fingerprint density at radius 1 is 1.50 bits per heavy atom. The number of nitrogens with two attached hydrogens (primary N) is 1.